The zero-order valence-electron chi connectivity index (χ0n) is 10.8. The number of carbonyl (C=O) groups excluding carboxylic acids is 1. The Morgan fingerprint density at radius 3 is 2.71 bits per heavy atom. The first kappa shape index (κ1) is 15.4. The number of nitro groups is 1. The standard InChI is InChI=1S/C13H9BrClN3O3/c1-7-2-3-8(6-9(7)14)13(19)17-12-10(18(20)21)4-5-11(15)16-12/h2-6H,1H3,(H,16,17,19). The average Bonchev–Trinajstić information content (AvgIpc) is 2.41. The van der Waals surface area contributed by atoms with Gasteiger partial charge in [0.15, 0.2) is 0 Å². The molecule has 0 saturated carbocycles. The lowest BCUT2D eigenvalue weighted by Crippen LogP contribution is -2.14. The first-order valence-corrected chi connectivity index (χ1v) is 6.94. The first-order valence-electron chi connectivity index (χ1n) is 5.77. The number of pyridine rings is 1. The number of hydrogen-bond acceptors (Lipinski definition) is 4. The van der Waals surface area contributed by atoms with Gasteiger partial charge in [0, 0.05) is 16.1 Å². The summed E-state index contributed by atoms with van der Waals surface area (Å²) in [5, 5.41) is 13.4. The van der Waals surface area contributed by atoms with E-state index in [9.17, 15) is 14.9 Å². The number of nitrogens with one attached hydrogen (secondary N) is 1. The number of amides is 1. The number of rotatable bonds is 3. The number of carbonyl (C=O) groups is 1. The molecule has 1 aromatic heterocycles. The number of nitrogens with zero attached hydrogens (tertiary/aromatic N) is 2. The van der Waals surface area contributed by atoms with Gasteiger partial charge in [0.25, 0.3) is 5.91 Å². The molecular formula is C13H9BrClN3O3. The van der Waals surface area contributed by atoms with Crippen molar-refractivity contribution in [1.82, 2.24) is 4.98 Å². The number of aryl methyl sites for hydroxylation is 1. The SMILES string of the molecule is Cc1ccc(C(=O)Nc2nc(Cl)ccc2[N+](=O)[O-])cc1Br. The molecule has 8 heteroatoms. The summed E-state index contributed by atoms with van der Waals surface area (Å²) in [4.78, 5) is 26.2. The Morgan fingerprint density at radius 2 is 2.10 bits per heavy atom. The molecule has 6 nitrogen and oxygen atoms in total. The maximum Gasteiger partial charge on any atom is 0.311 e. The smallest absolute Gasteiger partial charge is 0.301 e. The number of hydrogen-bond donors (Lipinski definition) is 1. The summed E-state index contributed by atoms with van der Waals surface area (Å²) in [7, 11) is 0. The Morgan fingerprint density at radius 1 is 1.38 bits per heavy atom. The van der Waals surface area contributed by atoms with Crippen LogP contribution in [0.3, 0.4) is 0 Å². The maximum absolute atomic E-state index is 12.1. The van der Waals surface area contributed by atoms with E-state index in [0.717, 1.165) is 10.0 Å². The van der Waals surface area contributed by atoms with Crippen molar-refractivity contribution in [3.8, 4) is 0 Å². The van der Waals surface area contributed by atoms with Gasteiger partial charge < -0.3 is 5.32 Å². The third kappa shape index (κ3) is 3.56. The molecule has 0 aliphatic heterocycles. The van der Waals surface area contributed by atoms with E-state index >= 15 is 0 Å². The average molecular weight is 371 g/mol. The van der Waals surface area contributed by atoms with Crippen LogP contribution in [0, 0.1) is 17.0 Å². The zero-order valence-corrected chi connectivity index (χ0v) is 13.1. The molecule has 1 amide bonds. The Hall–Kier alpha value is -1.99. The van der Waals surface area contributed by atoms with Crippen LogP contribution in [0.2, 0.25) is 5.15 Å². The van der Waals surface area contributed by atoms with Crippen LogP contribution in [0.5, 0.6) is 0 Å². The van der Waals surface area contributed by atoms with E-state index in [1.54, 1.807) is 18.2 Å². The van der Waals surface area contributed by atoms with Crippen molar-refractivity contribution in [3.63, 3.8) is 0 Å². The predicted molar refractivity (Wildman–Crippen MR) is 82.7 cm³/mol. The lowest BCUT2D eigenvalue weighted by molar-refractivity contribution is -0.384. The van der Waals surface area contributed by atoms with Gasteiger partial charge in [-0.05, 0) is 30.7 Å². The number of aromatic nitrogens is 1. The Kier molecular flexibility index (Phi) is 4.54. The summed E-state index contributed by atoms with van der Waals surface area (Å²) < 4.78 is 0.767. The van der Waals surface area contributed by atoms with Crippen LogP contribution in [0.15, 0.2) is 34.8 Å². The largest absolute Gasteiger partial charge is 0.311 e. The van der Waals surface area contributed by atoms with E-state index in [4.69, 9.17) is 11.6 Å². The van der Waals surface area contributed by atoms with Crippen LogP contribution >= 0.6 is 27.5 Å². The van der Waals surface area contributed by atoms with Crippen LogP contribution in [0.4, 0.5) is 11.5 Å². The molecule has 0 saturated heterocycles. The minimum Gasteiger partial charge on any atom is -0.301 e. The van der Waals surface area contributed by atoms with Gasteiger partial charge in [0.1, 0.15) is 5.15 Å². The second-order valence-corrected chi connectivity index (χ2v) is 5.42. The van der Waals surface area contributed by atoms with Crippen molar-refractivity contribution < 1.29 is 9.72 Å². The minimum absolute atomic E-state index is 0.0565. The number of benzene rings is 1. The van der Waals surface area contributed by atoms with Gasteiger partial charge in [-0.25, -0.2) is 4.98 Å². The van der Waals surface area contributed by atoms with Crippen LogP contribution < -0.4 is 5.32 Å². The summed E-state index contributed by atoms with van der Waals surface area (Å²) in [5.41, 5.74) is 1.00. The van der Waals surface area contributed by atoms with Gasteiger partial charge in [0.05, 0.1) is 4.92 Å². The van der Waals surface area contributed by atoms with Gasteiger partial charge in [-0.2, -0.15) is 0 Å². The fourth-order valence-corrected chi connectivity index (χ4v) is 2.11. The van der Waals surface area contributed by atoms with E-state index in [1.807, 2.05) is 6.92 Å². The Bertz CT molecular complexity index is 737. The zero-order chi connectivity index (χ0) is 15.6. The summed E-state index contributed by atoms with van der Waals surface area (Å²) in [5.74, 6) is -0.692. The maximum atomic E-state index is 12.1. The van der Waals surface area contributed by atoms with Gasteiger partial charge in [-0.3, -0.25) is 14.9 Å². The summed E-state index contributed by atoms with van der Waals surface area (Å²) in [6, 6.07) is 7.49. The van der Waals surface area contributed by atoms with Crippen LogP contribution in [0.25, 0.3) is 0 Å². The highest BCUT2D eigenvalue weighted by Gasteiger charge is 2.19. The fourth-order valence-electron chi connectivity index (χ4n) is 1.58. The molecule has 21 heavy (non-hydrogen) atoms. The monoisotopic (exact) mass is 369 g/mol. The second kappa shape index (κ2) is 6.19. The molecule has 0 spiro atoms. The summed E-state index contributed by atoms with van der Waals surface area (Å²) in [6.07, 6.45) is 0. The highest BCUT2D eigenvalue weighted by atomic mass is 79.9. The molecule has 0 bridgehead atoms. The second-order valence-electron chi connectivity index (χ2n) is 4.18. The van der Waals surface area contributed by atoms with Crippen molar-refractivity contribution >= 4 is 44.9 Å². The number of halogens is 2. The predicted octanol–water partition coefficient (Wildman–Crippen LogP) is 3.97. The van der Waals surface area contributed by atoms with E-state index in [2.05, 4.69) is 26.2 Å². The molecule has 0 aliphatic rings. The van der Waals surface area contributed by atoms with Crippen LogP contribution in [-0.4, -0.2) is 15.8 Å². The van der Waals surface area contributed by atoms with E-state index in [-0.39, 0.29) is 16.7 Å². The minimum atomic E-state index is -0.635. The summed E-state index contributed by atoms with van der Waals surface area (Å²) in [6.45, 7) is 1.88. The first-order chi connectivity index (χ1) is 9.88. The number of anilines is 1. The van der Waals surface area contributed by atoms with Crippen molar-refractivity contribution in [2.45, 2.75) is 6.92 Å². The lowest BCUT2D eigenvalue weighted by atomic mass is 10.1. The van der Waals surface area contributed by atoms with Crippen molar-refractivity contribution in [3.05, 3.63) is 61.2 Å². The molecule has 1 N–H and O–H groups in total. The van der Waals surface area contributed by atoms with Crippen LogP contribution in [-0.2, 0) is 0 Å². The van der Waals surface area contributed by atoms with Gasteiger partial charge >= 0.3 is 5.69 Å². The summed E-state index contributed by atoms with van der Waals surface area (Å²) >= 11 is 9.03. The third-order valence-corrected chi connectivity index (χ3v) is 3.77. The normalized spacial score (nSPS) is 10.2. The van der Waals surface area contributed by atoms with Crippen molar-refractivity contribution in [1.29, 1.82) is 0 Å². The molecule has 2 rings (SSSR count). The molecule has 0 atom stereocenters. The molecule has 0 fully saturated rings. The lowest BCUT2D eigenvalue weighted by Gasteiger charge is -2.07. The van der Waals surface area contributed by atoms with Crippen molar-refractivity contribution in [2.24, 2.45) is 0 Å². The highest BCUT2D eigenvalue weighted by molar-refractivity contribution is 9.10. The Labute approximate surface area is 133 Å². The Balaban J connectivity index is 2.33. The molecule has 0 unspecified atom stereocenters. The third-order valence-electron chi connectivity index (χ3n) is 2.70. The van der Waals surface area contributed by atoms with E-state index < -0.39 is 10.8 Å². The van der Waals surface area contributed by atoms with Gasteiger partial charge in [-0.15, -0.1) is 0 Å². The van der Waals surface area contributed by atoms with Gasteiger partial charge in [0.2, 0.25) is 5.82 Å². The van der Waals surface area contributed by atoms with E-state index in [1.165, 1.54) is 12.1 Å². The molecule has 2 aromatic rings. The molecule has 1 heterocycles. The molecule has 108 valence electrons. The topological polar surface area (TPSA) is 85.1 Å². The van der Waals surface area contributed by atoms with E-state index in [0.29, 0.717) is 5.56 Å². The molecular weight excluding hydrogens is 362 g/mol. The van der Waals surface area contributed by atoms with Gasteiger partial charge in [-0.1, -0.05) is 33.6 Å². The highest BCUT2D eigenvalue weighted by Crippen LogP contribution is 2.25. The van der Waals surface area contributed by atoms with Crippen molar-refractivity contribution in [2.75, 3.05) is 5.32 Å². The van der Waals surface area contributed by atoms with Crippen LogP contribution in [0.1, 0.15) is 15.9 Å². The molecule has 0 radical (unpaired) electrons. The molecule has 0 aliphatic carbocycles. The molecule has 1 aromatic carbocycles. The fraction of sp³-hybridized carbons (Fsp3) is 0.0769. The quantitative estimate of drug-likeness (QED) is 0.503.